The summed E-state index contributed by atoms with van der Waals surface area (Å²) >= 11 is 13.9. The lowest BCUT2D eigenvalue weighted by atomic mass is 10.2. The van der Waals surface area contributed by atoms with E-state index in [1.54, 1.807) is 29.6 Å². The van der Waals surface area contributed by atoms with Crippen molar-refractivity contribution < 1.29 is 9.69 Å². The summed E-state index contributed by atoms with van der Waals surface area (Å²) in [7, 11) is 0. The number of benzene rings is 1. The number of nitrogens with zero attached hydrogens (tertiary/aromatic N) is 1. The first kappa shape index (κ1) is 17.5. The molecule has 1 N–H and O–H groups in total. The SMILES string of the molecule is O=C(/C=C/c1cccc(Cl)c1Cl)N1CC[NH+](Cc2ccsc2)CC1. The van der Waals surface area contributed by atoms with Gasteiger partial charge >= 0.3 is 0 Å². The zero-order chi connectivity index (χ0) is 16.9. The fraction of sp³-hybridized carbons (Fsp3) is 0.278. The lowest BCUT2D eigenvalue weighted by Gasteiger charge is -2.31. The zero-order valence-corrected chi connectivity index (χ0v) is 15.5. The van der Waals surface area contributed by atoms with Gasteiger partial charge in [-0.1, -0.05) is 35.3 Å². The molecule has 24 heavy (non-hydrogen) atoms. The predicted molar refractivity (Wildman–Crippen MR) is 101 cm³/mol. The molecular formula is C18H19Cl2N2OS+. The van der Waals surface area contributed by atoms with Crippen LogP contribution < -0.4 is 4.90 Å². The van der Waals surface area contributed by atoms with Crippen molar-refractivity contribution >= 4 is 46.5 Å². The first-order chi connectivity index (χ1) is 11.6. The van der Waals surface area contributed by atoms with Crippen LogP contribution >= 0.6 is 34.5 Å². The number of carbonyl (C=O) groups excluding carboxylic acids is 1. The van der Waals surface area contributed by atoms with Gasteiger partial charge in [0.2, 0.25) is 5.91 Å². The molecule has 0 aliphatic carbocycles. The van der Waals surface area contributed by atoms with Crippen LogP contribution in [0.4, 0.5) is 0 Å². The fourth-order valence-corrected chi connectivity index (χ4v) is 3.86. The molecule has 0 saturated carbocycles. The highest BCUT2D eigenvalue weighted by Gasteiger charge is 2.22. The number of hydrogen-bond donors (Lipinski definition) is 1. The van der Waals surface area contributed by atoms with E-state index >= 15 is 0 Å². The average Bonchev–Trinajstić information content (AvgIpc) is 3.09. The smallest absolute Gasteiger partial charge is 0.246 e. The van der Waals surface area contributed by atoms with E-state index in [0.29, 0.717) is 10.0 Å². The number of thiophene rings is 1. The number of carbonyl (C=O) groups is 1. The third kappa shape index (κ3) is 4.39. The number of rotatable bonds is 4. The van der Waals surface area contributed by atoms with E-state index in [4.69, 9.17) is 23.2 Å². The summed E-state index contributed by atoms with van der Waals surface area (Å²) < 4.78 is 0. The van der Waals surface area contributed by atoms with Gasteiger partial charge in [0.25, 0.3) is 0 Å². The Labute approximate surface area is 156 Å². The van der Waals surface area contributed by atoms with Crippen LogP contribution in [0.5, 0.6) is 0 Å². The van der Waals surface area contributed by atoms with Crippen molar-refractivity contribution in [2.24, 2.45) is 0 Å². The van der Waals surface area contributed by atoms with Crippen molar-refractivity contribution in [2.45, 2.75) is 6.54 Å². The van der Waals surface area contributed by atoms with Crippen LogP contribution in [0.25, 0.3) is 6.08 Å². The van der Waals surface area contributed by atoms with Crippen LogP contribution in [0.1, 0.15) is 11.1 Å². The molecule has 126 valence electrons. The van der Waals surface area contributed by atoms with Gasteiger partial charge in [0, 0.05) is 11.6 Å². The largest absolute Gasteiger partial charge is 0.328 e. The van der Waals surface area contributed by atoms with E-state index < -0.39 is 0 Å². The summed E-state index contributed by atoms with van der Waals surface area (Å²) in [6, 6.07) is 7.58. The van der Waals surface area contributed by atoms with Crippen LogP contribution in [0.15, 0.2) is 41.1 Å². The monoisotopic (exact) mass is 381 g/mol. The average molecular weight is 382 g/mol. The first-order valence-electron chi connectivity index (χ1n) is 7.89. The van der Waals surface area contributed by atoms with E-state index in [2.05, 4.69) is 16.8 Å². The molecule has 6 heteroatoms. The maximum absolute atomic E-state index is 12.3. The van der Waals surface area contributed by atoms with Crippen LogP contribution in [0, 0.1) is 0 Å². The van der Waals surface area contributed by atoms with Crippen LogP contribution in [-0.4, -0.2) is 37.0 Å². The molecular weight excluding hydrogens is 363 g/mol. The van der Waals surface area contributed by atoms with Crippen molar-refractivity contribution in [3.63, 3.8) is 0 Å². The third-order valence-electron chi connectivity index (χ3n) is 4.20. The standard InChI is InChI=1S/C18H18Cl2N2OS/c19-16-3-1-2-15(18(16)20)4-5-17(23)22-9-7-21(8-10-22)12-14-6-11-24-13-14/h1-6,11,13H,7-10,12H2/p+1/b5-4+. The molecule has 1 amide bonds. The second kappa shape index (κ2) is 8.17. The minimum atomic E-state index is 0.0284. The molecule has 0 unspecified atom stereocenters. The number of nitrogens with one attached hydrogen (secondary N) is 1. The topological polar surface area (TPSA) is 24.8 Å². The summed E-state index contributed by atoms with van der Waals surface area (Å²) in [6.07, 6.45) is 3.32. The lowest BCUT2D eigenvalue weighted by Crippen LogP contribution is -3.13. The summed E-state index contributed by atoms with van der Waals surface area (Å²) in [5.74, 6) is 0.0284. The number of quaternary nitrogens is 1. The highest BCUT2D eigenvalue weighted by atomic mass is 35.5. The number of piperazine rings is 1. The molecule has 0 spiro atoms. The molecule has 1 aromatic heterocycles. The van der Waals surface area contributed by atoms with Gasteiger partial charge in [-0.05, 0) is 34.5 Å². The van der Waals surface area contributed by atoms with Crippen LogP contribution in [0.2, 0.25) is 10.0 Å². The molecule has 1 aromatic carbocycles. The maximum Gasteiger partial charge on any atom is 0.246 e. The lowest BCUT2D eigenvalue weighted by molar-refractivity contribution is -0.917. The fourth-order valence-electron chi connectivity index (χ4n) is 2.82. The third-order valence-corrected chi connectivity index (χ3v) is 5.77. The molecule has 1 aliphatic heterocycles. The van der Waals surface area contributed by atoms with Gasteiger partial charge in [-0.2, -0.15) is 11.3 Å². The molecule has 1 fully saturated rings. The minimum absolute atomic E-state index is 0.0284. The molecule has 3 nitrogen and oxygen atoms in total. The van der Waals surface area contributed by atoms with E-state index in [0.717, 1.165) is 38.3 Å². The molecule has 2 heterocycles. The number of amides is 1. The van der Waals surface area contributed by atoms with Gasteiger partial charge < -0.3 is 9.80 Å². The zero-order valence-electron chi connectivity index (χ0n) is 13.2. The highest BCUT2D eigenvalue weighted by Crippen LogP contribution is 2.26. The second-order valence-corrected chi connectivity index (χ2v) is 7.43. The molecule has 1 saturated heterocycles. The van der Waals surface area contributed by atoms with Gasteiger partial charge in [0.05, 0.1) is 36.2 Å². The van der Waals surface area contributed by atoms with Crippen molar-refractivity contribution in [3.8, 4) is 0 Å². The Morgan fingerprint density at radius 1 is 1.25 bits per heavy atom. The van der Waals surface area contributed by atoms with E-state index in [9.17, 15) is 4.79 Å². The Hall–Kier alpha value is -1.33. The van der Waals surface area contributed by atoms with E-state index in [-0.39, 0.29) is 5.91 Å². The van der Waals surface area contributed by atoms with Crippen molar-refractivity contribution in [2.75, 3.05) is 26.2 Å². The summed E-state index contributed by atoms with van der Waals surface area (Å²) in [4.78, 5) is 15.8. The molecule has 0 atom stereocenters. The van der Waals surface area contributed by atoms with Gasteiger partial charge in [-0.25, -0.2) is 0 Å². The van der Waals surface area contributed by atoms with E-state index in [1.165, 1.54) is 10.5 Å². The Bertz CT molecular complexity index is 723. The van der Waals surface area contributed by atoms with Crippen molar-refractivity contribution in [1.82, 2.24) is 4.90 Å². The van der Waals surface area contributed by atoms with Crippen molar-refractivity contribution in [1.29, 1.82) is 0 Å². The quantitative estimate of drug-likeness (QED) is 0.808. The first-order valence-corrected chi connectivity index (χ1v) is 9.59. The van der Waals surface area contributed by atoms with Crippen LogP contribution in [0.3, 0.4) is 0 Å². The number of hydrogen-bond acceptors (Lipinski definition) is 2. The van der Waals surface area contributed by atoms with E-state index in [1.807, 2.05) is 17.0 Å². The van der Waals surface area contributed by atoms with Crippen molar-refractivity contribution in [3.05, 3.63) is 62.3 Å². The summed E-state index contributed by atoms with van der Waals surface area (Å²) in [6.45, 7) is 4.57. The van der Waals surface area contributed by atoms with Crippen LogP contribution in [-0.2, 0) is 11.3 Å². The van der Waals surface area contributed by atoms with Gasteiger partial charge in [-0.15, -0.1) is 0 Å². The Morgan fingerprint density at radius 2 is 2.04 bits per heavy atom. The van der Waals surface area contributed by atoms with Gasteiger partial charge in [-0.3, -0.25) is 4.79 Å². The van der Waals surface area contributed by atoms with Gasteiger partial charge in [0.15, 0.2) is 0 Å². The molecule has 0 bridgehead atoms. The predicted octanol–water partition coefficient (Wildman–Crippen LogP) is 3.00. The summed E-state index contributed by atoms with van der Waals surface area (Å²) in [5, 5.41) is 5.28. The number of halogens is 2. The molecule has 0 radical (unpaired) electrons. The molecule has 2 aromatic rings. The normalized spacial score (nSPS) is 16.0. The Kier molecular flexibility index (Phi) is 5.95. The second-order valence-electron chi connectivity index (χ2n) is 5.86. The Balaban J connectivity index is 1.53. The van der Waals surface area contributed by atoms with Gasteiger partial charge in [0.1, 0.15) is 6.54 Å². The maximum atomic E-state index is 12.3. The summed E-state index contributed by atoms with van der Waals surface area (Å²) in [5.41, 5.74) is 2.14. The molecule has 1 aliphatic rings. The Morgan fingerprint density at radius 3 is 2.75 bits per heavy atom. The molecule has 3 rings (SSSR count). The highest BCUT2D eigenvalue weighted by molar-refractivity contribution is 7.07. The minimum Gasteiger partial charge on any atom is -0.328 e.